The average molecular weight is 276 g/mol. The molecule has 0 saturated heterocycles. The van der Waals surface area contributed by atoms with Crippen LogP contribution in [0.3, 0.4) is 0 Å². The van der Waals surface area contributed by atoms with Crippen molar-refractivity contribution in [3.05, 3.63) is 23.8 Å². The molecule has 0 radical (unpaired) electrons. The van der Waals surface area contributed by atoms with Gasteiger partial charge in [0.15, 0.2) is 0 Å². The topological polar surface area (TPSA) is 46.6 Å². The molecule has 0 aliphatic carbocycles. The average Bonchev–Trinajstić information content (AvgIpc) is 2.26. The standard InChI is InChI=1S/C11H14ClNO3S/c1-13(2)9-6-7-16-11-8(9)4-3-5-10(11)17(12,14)15/h3-5,9H,6-7H2,1-2H3. The summed E-state index contributed by atoms with van der Waals surface area (Å²) in [5, 5.41) is 0. The summed E-state index contributed by atoms with van der Waals surface area (Å²) in [7, 11) is 5.56. The number of fused-ring (bicyclic) bond motifs is 1. The zero-order valence-electron chi connectivity index (χ0n) is 9.68. The Kier molecular flexibility index (Phi) is 3.34. The zero-order chi connectivity index (χ0) is 12.6. The van der Waals surface area contributed by atoms with E-state index < -0.39 is 9.05 Å². The van der Waals surface area contributed by atoms with Crippen LogP contribution in [0.4, 0.5) is 0 Å². The van der Waals surface area contributed by atoms with Crippen LogP contribution in [-0.4, -0.2) is 34.0 Å². The normalized spacial score (nSPS) is 19.9. The third kappa shape index (κ3) is 2.41. The van der Waals surface area contributed by atoms with Gasteiger partial charge in [-0.3, -0.25) is 0 Å². The third-order valence-electron chi connectivity index (χ3n) is 2.89. The van der Waals surface area contributed by atoms with Gasteiger partial charge in [0.25, 0.3) is 9.05 Å². The lowest BCUT2D eigenvalue weighted by Gasteiger charge is -2.31. The van der Waals surface area contributed by atoms with Gasteiger partial charge in [0.2, 0.25) is 0 Å². The molecule has 1 heterocycles. The van der Waals surface area contributed by atoms with Crippen LogP contribution in [0, 0.1) is 0 Å². The quantitative estimate of drug-likeness (QED) is 0.775. The van der Waals surface area contributed by atoms with Gasteiger partial charge in [0.05, 0.1) is 6.61 Å². The molecule has 4 nitrogen and oxygen atoms in total. The van der Waals surface area contributed by atoms with E-state index in [0.717, 1.165) is 12.0 Å². The van der Waals surface area contributed by atoms with Crippen LogP contribution in [0.1, 0.15) is 18.0 Å². The molecule has 1 aliphatic rings. The van der Waals surface area contributed by atoms with E-state index in [4.69, 9.17) is 15.4 Å². The van der Waals surface area contributed by atoms with Crippen molar-refractivity contribution in [1.29, 1.82) is 0 Å². The van der Waals surface area contributed by atoms with Gasteiger partial charge >= 0.3 is 0 Å². The van der Waals surface area contributed by atoms with E-state index in [0.29, 0.717) is 12.4 Å². The Hall–Kier alpha value is -0.780. The maximum absolute atomic E-state index is 11.5. The predicted molar refractivity (Wildman–Crippen MR) is 66.0 cm³/mol. The SMILES string of the molecule is CN(C)C1CCOc2c1cccc2S(=O)(=O)Cl. The molecule has 2 rings (SSSR count). The first-order chi connectivity index (χ1) is 7.91. The Morgan fingerprint density at radius 1 is 1.41 bits per heavy atom. The monoisotopic (exact) mass is 275 g/mol. The van der Waals surface area contributed by atoms with Crippen LogP contribution in [0.5, 0.6) is 5.75 Å². The highest BCUT2D eigenvalue weighted by molar-refractivity contribution is 8.13. The summed E-state index contributed by atoms with van der Waals surface area (Å²) in [5.41, 5.74) is 0.878. The molecule has 0 amide bonds. The zero-order valence-corrected chi connectivity index (χ0v) is 11.3. The Labute approximate surface area is 106 Å². The fourth-order valence-electron chi connectivity index (χ4n) is 2.11. The van der Waals surface area contributed by atoms with Crippen molar-refractivity contribution in [2.75, 3.05) is 20.7 Å². The number of halogens is 1. The minimum absolute atomic E-state index is 0.0585. The molecule has 1 aliphatic heterocycles. The van der Waals surface area contributed by atoms with Crippen LogP contribution in [0.15, 0.2) is 23.1 Å². The van der Waals surface area contributed by atoms with Gasteiger partial charge in [-0.25, -0.2) is 8.42 Å². The van der Waals surface area contributed by atoms with Gasteiger partial charge in [-0.15, -0.1) is 0 Å². The Morgan fingerprint density at radius 3 is 2.71 bits per heavy atom. The molecule has 0 aromatic heterocycles. The maximum Gasteiger partial charge on any atom is 0.264 e. The molecule has 1 aromatic carbocycles. The molecule has 17 heavy (non-hydrogen) atoms. The molecule has 0 saturated carbocycles. The summed E-state index contributed by atoms with van der Waals surface area (Å²) < 4.78 is 28.4. The van der Waals surface area contributed by atoms with Gasteiger partial charge in [0, 0.05) is 28.7 Å². The van der Waals surface area contributed by atoms with Crippen molar-refractivity contribution in [2.24, 2.45) is 0 Å². The number of hydrogen-bond acceptors (Lipinski definition) is 4. The number of para-hydroxylation sites is 1. The van der Waals surface area contributed by atoms with Crippen molar-refractivity contribution in [3.8, 4) is 5.75 Å². The lowest BCUT2D eigenvalue weighted by atomic mass is 10.00. The molecular weight excluding hydrogens is 262 g/mol. The van der Waals surface area contributed by atoms with Crippen molar-refractivity contribution < 1.29 is 13.2 Å². The summed E-state index contributed by atoms with van der Waals surface area (Å²) >= 11 is 0. The molecule has 0 spiro atoms. The number of ether oxygens (including phenoxy) is 1. The second-order valence-corrected chi connectivity index (χ2v) is 6.76. The minimum atomic E-state index is -3.76. The molecule has 0 bridgehead atoms. The van der Waals surface area contributed by atoms with E-state index in [1.165, 1.54) is 6.07 Å². The predicted octanol–water partition coefficient (Wildman–Crippen LogP) is 2.00. The van der Waals surface area contributed by atoms with Gasteiger partial charge in [-0.1, -0.05) is 12.1 Å². The molecule has 1 aromatic rings. The minimum Gasteiger partial charge on any atom is -0.492 e. The van der Waals surface area contributed by atoms with Crippen molar-refractivity contribution >= 4 is 19.7 Å². The molecular formula is C11H14ClNO3S. The first-order valence-electron chi connectivity index (χ1n) is 5.28. The van der Waals surface area contributed by atoms with Crippen molar-refractivity contribution in [2.45, 2.75) is 17.4 Å². The highest BCUT2D eigenvalue weighted by Gasteiger charge is 2.28. The molecule has 1 atom stereocenters. The van der Waals surface area contributed by atoms with Crippen LogP contribution in [0.25, 0.3) is 0 Å². The number of nitrogens with zero attached hydrogens (tertiary/aromatic N) is 1. The molecule has 94 valence electrons. The molecule has 6 heteroatoms. The molecule has 0 N–H and O–H groups in total. The largest absolute Gasteiger partial charge is 0.492 e. The van der Waals surface area contributed by atoms with Gasteiger partial charge in [-0.05, 0) is 20.2 Å². The first kappa shape index (κ1) is 12.7. The second-order valence-electron chi connectivity index (χ2n) is 4.23. The number of hydrogen-bond donors (Lipinski definition) is 0. The van der Waals surface area contributed by atoms with Crippen LogP contribution in [0.2, 0.25) is 0 Å². The Balaban J connectivity index is 2.59. The van der Waals surface area contributed by atoms with E-state index in [-0.39, 0.29) is 10.9 Å². The lowest BCUT2D eigenvalue weighted by molar-refractivity contribution is 0.186. The van der Waals surface area contributed by atoms with Crippen molar-refractivity contribution in [3.63, 3.8) is 0 Å². The summed E-state index contributed by atoms with van der Waals surface area (Å²) in [4.78, 5) is 2.11. The molecule has 1 unspecified atom stereocenters. The lowest BCUT2D eigenvalue weighted by Crippen LogP contribution is -2.26. The van der Waals surface area contributed by atoms with E-state index in [9.17, 15) is 8.42 Å². The highest BCUT2D eigenvalue weighted by atomic mass is 35.7. The van der Waals surface area contributed by atoms with Crippen molar-refractivity contribution in [1.82, 2.24) is 4.90 Å². The van der Waals surface area contributed by atoms with E-state index >= 15 is 0 Å². The first-order valence-corrected chi connectivity index (χ1v) is 7.59. The Bertz CT molecular complexity index is 528. The molecule has 0 fully saturated rings. The smallest absolute Gasteiger partial charge is 0.264 e. The van der Waals surface area contributed by atoms with E-state index in [1.807, 2.05) is 25.1 Å². The summed E-state index contributed by atoms with van der Waals surface area (Å²) in [5.74, 6) is 0.396. The van der Waals surface area contributed by atoms with Crippen LogP contribution < -0.4 is 4.74 Å². The fraction of sp³-hybridized carbons (Fsp3) is 0.455. The fourth-order valence-corrected chi connectivity index (χ4v) is 3.11. The van der Waals surface area contributed by atoms with Gasteiger partial charge in [0.1, 0.15) is 10.6 Å². The third-order valence-corrected chi connectivity index (χ3v) is 4.24. The second kappa shape index (κ2) is 4.48. The summed E-state index contributed by atoms with van der Waals surface area (Å²) in [6.07, 6.45) is 0.839. The van der Waals surface area contributed by atoms with E-state index in [2.05, 4.69) is 0 Å². The highest BCUT2D eigenvalue weighted by Crippen LogP contribution is 2.39. The van der Waals surface area contributed by atoms with Gasteiger partial charge < -0.3 is 9.64 Å². The number of benzene rings is 1. The summed E-state index contributed by atoms with van der Waals surface area (Å²) in [6.45, 7) is 0.499. The number of rotatable bonds is 2. The van der Waals surface area contributed by atoms with Gasteiger partial charge in [-0.2, -0.15) is 0 Å². The van der Waals surface area contributed by atoms with Crippen LogP contribution in [-0.2, 0) is 9.05 Å². The Morgan fingerprint density at radius 2 is 2.12 bits per heavy atom. The van der Waals surface area contributed by atoms with E-state index in [1.54, 1.807) is 6.07 Å². The van der Waals surface area contributed by atoms with Crippen LogP contribution >= 0.6 is 10.7 Å². The summed E-state index contributed by atoms with van der Waals surface area (Å²) in [6, 6.07) is 5.21. The maximum atomic E-state index is 11.5.